The Morgan fingerprint density at radius 1 is 1.00 bits per heavy atom. The quantitative estimate of drug-likeness (QED) is 0.560. The van der Waals surface area contributed by atoms with Gasteiger partial charge in [-0.15, -0.1) is 0 Å². The molecule has 23 heavy (non-hydrogen) atoms. The molecule has 0 radical (unpaired) electrons. The second-order valence-corrected chi connectivity index (χ2v) is 7.18. The summed E-state index contributed by atoms with van der Waals surface area (Å²) in [6.45, 7) is 0. The van der Waals surface area contributed by atoms with Crippen molar-refractivity contribution in [1.82, 2.24) is 0 Å². The molecule has 0 heterocycles. The lowest BCUT2D eigenvalue weighted by molar-refractivity contribution is 0.275. The lowest BCUT2D eigenvalue weighted by Gasteiger charge is -2.13. The molecule has 0 atom stereocenters. The maximum atomic E-state index is 12.1. The topological polar surface area (TPSA) is 59.3 Å². The normalized spacial score (nSPS) is 11.5. The van der Waals surface area contributed by atoms with Crippen molar-refractivity contribution in [2.24, 2.45) is 0 Å². The molecule has 0 saturated heterocycles. The standard InChI is InChI=1S/C18H18NO3P/c1-21-23(20,22-2)14-16-7-11-18(12-8-16)17-9-5-15(6-10-17)4-3-13-19/h3-12H,14H2,1-2H3/b4-3+. The third-order valence-corrected chi connectivity index (χ3v) is 5.35. The number of allylic oxidation sites excluding steroid dienone is 1. The molecule has 2 aromatic rings. The Kier molecular flexibility index (Phi) is 5.90. The van der Waals surface area contributed by atoms with Crippen LogP contribution < -0.4 is 0 Å². The van der Waals surface area contributed by atoms with E-state index in [1.165, 1.54) is 20.3 Å². The van der Waals surface area contributed by atoms with Gasteiger partial charge >= 0.3 is 7.60 Å². The average Bonchev–Trinajstić information content (AvgIpc) is 2.61. The van der Waals surface area contributed by atoms with Gasteiger partial charge in [0.2, 0.25) is 0 Å². The van der Waals surface area contributed by atoms with Crippen molar-refractivity contribution in [3.63, 3.8) is 0 Å². The van der Waals surface area contributed by atoms with Gasteiger partial charge in [-0.05, 0) is 28.3 Å². The Balaban J connectivity index is 2.15. The highest BCUT2D eigenvalue weighted by Crippen LogP contribution is 2.49. The summed E-state index contributed by atoms with van der Waals surface area (Å²) in [6, 6.07) is 17.7. The van der Waals surface area contributed by atoms with Crippen LogP contribution in [0.15, 0.2) is 54.6 Å². The van der Waals surface area contributed by atoms with Gasteiger partial charge in [-0.3, -0.25) is 4.57 Å². The first-order chi connectivity index (χ1) is 11.1. The van der Waals surface area contributed by atoms with Crippen LogP contribution in [0, 0.1) is 11.3 Å². The molecule has 0 spiro atoms. The van der Waals surface area contributed by atoms with Crippen LogP contribution in [0.3, 0.4) is 0 Å². The summed E-state index contributed by atoms with van der Waals surface area (Å²) in [5.41, 5.74) is 4.02. The molecular weight excluding hydrogens is 309 g/mol. The molecule has 0 aliphatic heterocycles. The molecule has 0 amide bonds. The molecule has 0 fully saturated rings. The van der Waals surface area contributed by atoms with E-state index in [-0.39, 0.29) is 6.16 Å². The summed E-state index contributed by atoms with van der Waals surface area (Å²) in [5.74, 6) is 0. The summed E-state index contributed by atoms with van der Waals surface area (Å²) < 4.78 is 22.0. The summed E-state index contributed by atoms with van der Waals surface area (Å²) in [7, 11) is -0.262. The van der Waals surface area contributed by atoms with E-state index in [0.717, 1.165) is 22.3 Å². The van der Waals surface area contributed by atoms with Crippen LogP contribution in [0.4, 0.5) is 0 Å². The Morgan fingerprint density at radius 3 is 2.00 bits per heavy atom. The third-order valence-electron chi connectivity index (χ3n) is 3.48. The second kappa shape index (κ2) is 7.89. The smallest absolute Gasteiger partial charge is 0.312 e. The molecule has 118 valence electrons. The van der Waals surface area contributed by atoms with Crippen LogP contribution in [0.1, 0.15) is 11.1 Å². The van der Waals surface area contributed by atoms with Crippen LogP contribution in [0.25, 0.3) is 17.2 Å². The fraction of sp³-hybridized carbons (Fsp3) is 0.167. The minimum Gasteiger partial charge on any atom is -0.312 e. The van der Waals surface area contributed by atoms with E-state index in [2.05, 4.69) is 0 Å². The summed E-state index contributed by atoms with van der Waals surface area (Å²) >= 11 is 0. The van der Waals surface area contributed by atoms with Crippen molar-refractivity contribution >= 4 is 13.7 Å². The van der Waals surface area contributed by atoms with Crippen LogP contribution >= 0.6 is 7.60 Å². The first-order valence-corrected chi connectivity index (χ1v) is 8.79. The lowest BCUT2D eigenvalue weighted by Crippen LogP contribution is -1.93. The summed E-state index contributed by atoms with van der Waals surface area (Å²) in [6.07, 6.45) is 3.46. The van der Waals surface area contributed by atoms with Gasteiger partial charge in [-0.2, -0.15) is 5.26 Å². The molecule has 0 unspecified atom stereocenters. The van der Waals surface area contributed by atoms with Gasteiger partial charge < -0.3 is 9.05 Å². The van der Waals surface area contributed by atoms with Crippen molar-refractivity contribution in [3.05, 3.63) is 65.7 Å². The molecule has 0 saturated carbocycles. The molecular formula is C18H18NO3P. The van der Waals surface area contributed by atoms with Gasteiger partial charge in [-0.1, -0.05) is 48.5 Å². The van der Waals surface area contributed by atoms with Gasteiger partial charge in [0, 0.05) is 20.3 Å². The number of hydrogen-bond donors (Lipinski definition) is 0. The third kappa shape index (κ3) is 4.64. The summed E-state index contributed by atoms with van der Waals surface area (Å²) in [4.78, 5) is 0. The molecule has 0 bridgehead atoms. The SMILES string of the molecule is COP(=O)(Cc1ccc(-c2ccc(/C=C/C#N)cc2)cc1)OC. The number of rotatable bonds is 6. The monoisotopic (exact) mass is 327 g/mol. The van der Waals surface area contributed by atoms with Crippen molar-refractivity contribution in [2.75, 3.05) is 14.2 Å². The fourth-order valence-electron chi connectivity index (χ4n) is 2.15. The minimum absolute atomic E-state index is 0.248. The highest BCUT2D eigenvalue weighted by atomic mass is 31.2. The van der Waals surface area contributed by atoms with Gasteiger partial charge in [0.15, 0.2) is 0 Å². The van der Waals surface area contributed by atoms with E-state index in [0.29, 0.717) is 0 Å². The van der Waals surface area contributed by atoms with Crippen LogP contribution in [0.2, 0.25) is 0 Å². The highest BCUT2D eigenvalue weighted by molar-refractivity contribution is 7.52. The number of hydrogen-bond acceptors (Lipinski definition) is 4. The molecule has 2 aromatic carbocycles. The van der Waals surface area contributed by atoms with Gasteiger partial charge in [0.1, 0.15) is 0 Å². The predicted molar refractivity (Wildman–Crippen MR) is 91.9 cm³/mol. The fourth-order valence-corrected chi connectivity index (χ4v) is 3.22. The maximum absolute atomic E-state index is 12.1. The first kappa shape index (κ1) is 17.2. The zero-order valence-electron chi connectivity index (χ0n) is 13.1. The molecule has 0 N–H and O–H groups in total. The van der Waals surface area contributed by atoms with E-state index >= 15 is 0 Å². The maximum Gasteiger partial charge on any atom is 0.334 e. The van der Waals surface area contributed by atoms with Crippen molar-refractivity contribution in [2.45, 2.75) is 6.16 Å². The molecule has 2 rings (SSSR count). The van der Waals surface area contributed by atoms with E-state index in [4.69, 9.17) is 14.3 Å². The van der Waals surface area contributed by atoms with Crippen molar-refractivity contribution in [1.29, 1.82) is 5.26 Å². The Morgan fingerprint density at radius 2 is 1.52 bits per heavy atom. The molecule has 0 aliphatic rings. The Labute approximate surface area is 136 Å². The van der Waals surface area contributed by atoms with E-state index < -0.39 is 7.60 Å². The Bertz CT molecular complexity index is 750. The minimum atomic E-state index is -3.04. The van der Waals surface area contributed by atoms with Gasteiger partial charge in [0.05, 0.1) is 12.2 Å². The largest absolute Gasteiger partial charge is 0.334 e. The molecule has 0 aliphatic carbocycles. The summed E-state index contributed by atoms with van der Waals surface area (Å²) in [5, 5.41) is 8.53. The average molecular weight is 327 g/mol. The van der Waals surface area contributed by atoms with Crippen molar-refractivity contribution in [3.8, 4) is 17.2 Å². The van der Waals surface area contributed by atoms with Crippen LogP contribution in [0.5, 0.6) is 0 Å². The molecule has 4 nitrogen and oxygen atoms in total. The van der Waals surface area contributed by atoms with Crippen LogP contribution in [-0.2, 0) is 19.8 Å². The zero-order chi connectivity index (χ0) is 16.7. The number of benzene rings is 2. The van der Waals surface area contributed by atoms with Crippen molar-refractivity contribution < 1.29 is 13.6 Å². The number of nitrogens with zero attached hydrogens (tertiary/aromatic N) is 1. The zero-order valence-corrected chi connectivity index (χ0v) is 14.0. The van der Waals surface area contributed by atoms with E-state index in [1.54, 1.807) is 6.08 Å². The van der Waals surface area contributed by atoms with Crippen LogP contribution in [-0.4, -0.2) is 14.2 Å². The number of nitriles is 1. The lowest BCUT2D eigenvalue weighted by atomic mass is 10.0. The predicted octanol–water partition coefficient (Wildman–Crippen LogP) is 4.88. The molecule has 0 aromatic heterocycles. The first-order valence-electron chi connectivity index (χ1n) is 7.06. The Hall–Kier alpha value is -2.18. The molecule has 5 heteroatoms. The highest BCUT2D eigenvalue weighted by Gasteiger charge is 2.21. The van der Waals surface area contributed by atoms with Gasteiger partial charge in [-0.25, -0.2) is 0 Å². The van der Waals surface area contributed by atoms with E-state index in [9.17, 15) is 4.57 Å². The van der Waals surface area contributed by atoms with E-state index in [1.807, 2.05) is 54.6 Å². The van der Waals surface area contributed by atoms with Gasteiger partial charge in [0.25, 0.3) is 0 Å². The second-order valence-electron chi connectivity index (χ2n) is 4.92.